The molecule has 3 heterocycles. The maximum Gasteiger partial charge on any atom is 0.138 e. The monoisotopic (exact) mass is 507 g/mol. The van der Waals surface area contributed by atoms with Crippen molar-refractivity contribution < 1.29 is 25.2 Å². The summed E-state index contributed by atoms with van der Waals surface area (Å²) in [4.78, 5) is 9.40. The van der Waals surface area contributed by atoms with Crippen LogP contribution in [0.5, 0.6) is 0 Å². The quantitative estimate of drug-likeness (QED) is 0.420. The summed E-state index contributed by atoms with van der Waals surface area (Å²) < 4.78 is 5.73. The number of benzene rings is 1. The molecule has 5 atom stereocenters. The second kappa shape index (κ2) is 10.8. The molecule has 0 bridgehead atoms. The van der Waals surface area contributed by atoms with Crippen LogP contribution < -0.4 is 0 Å². The molecule has 1 aliphatic heterocycles. The van der Waals surface area contributed by atoms with Gasteiger partial charge >= 0.3 is 0 Å². The Kier molecular flexibility index (Phi) is 7.53. The minimum Gasteiger partial charge on any atom is -0.394 e. The predicted molar refractivity (Wildman–Crippen MR) is 135 cm³/mol. The second-order valence-corrected chi connectivity index (χ2v) is 10.4. The van der Waals surface area contributed by atoms with Gasteiger partial charge in [0, 0.05) is 22.8 Å². The number of nitriles is 1. The lowest BCUT2D eigenvalue weighted by Crippen LogP contribution is -2.57. The summed E-state index contributed by atoms with van der Waals surface area (Å²) in [6.45, 7) is -0.515. The molecule has 0 unspecified atom stereocenters. The number of aliphatic hydroxyl groups is 4. The van der Waals surface area contributed by atoms with Crippen LogP contribution in [0.15, 0.2) is 41.6 Å². The molecule has 1 saturated heterocycles. The van der Waals surface area contributed by atoms with Gasteiger partial charge in [0.05, 0.1) is 17.7 Å². The lowest BCUT2D eigenvalue weighted by Gasteiger charge is -2.39. The lowest BCUT2D eigenvalue weighted by atomic mass is 9.87. The Bertz CT molecular complexity index is 1290. The molecular formula is C27H29N3O5S. The highest BCUT2D eigenvalue weighted by atomic mass is 32.2. The van der Waals surface area contributed by atoms with E-state index in [-0.39, 0.29) is 0 Å². The topological polar surface area (TPSA) is 140 Å². The van der Waals surface area contributed by atoms with Crippen molar-refractivity contribution >= 4 is 22.7 Å². The van der Waals surface area contributed by atoms with Crippen LogP contribution in [0.25, 0.3) is 22.0 Å². The molecule has 0 spiro atoms. The van der Waals surface area contributed by atoms with E-state index in [9.17, 15) is 25.7 Å². The minimum absolute atomic E-state index is 0.382. The number of aromatic nitrogens is 2. The van der Waals surface area contributed by atoms with E-state index in [0.29, 0.717) is 10.6 Å². The number of para-hydroxylation sites is 1. The molecule has 36 heavy (non-hydrogen) atoms. The van der Waals surface area contributed by atoms with Gasteiger partial charge in [-0.2, -0.15) is 5.26 Å². The molecule has 188 valence electrons. The molecule has 1 fully saturated rings. The number of ether oxygens (including phenoxy) is 1. The maximum atomic E-state index is 10.6. The summed E-state index contributed by atoms with van der Waals surface area (Å²) in [7, 11) is 0. The molecule has 4 N–H and O–H groups in total. The highest BCUT2D eigenvalue weighted by Crippen LogP contribution is 2.42. The van der Waals surface area contributed by atoms with Gasteiger partial charge in [0.15, 0.2) is 0 Å². The summed E-state index contributed by atoms with van der Waals surface area (Å²) >= 11 is 1.04. The van der Waals surface area contributed by atoms with Crippen LogP contribution in [0.1, 0.15) is 42.5 Å². The first-order chi connectivity index (χ1) is 17.5. The summed E-state index contributed by atoms with van der Waals surface area (Å²) in [5.41, 5.74) is 3.93. The molecule has 8 nitrogen and oxygen atoms in total. The van der Waals surface area contributed by atoms with Crippen LogP contribution in [-0.4, -0.2) is 66.9 Å². The average Bonchev–Trinajstić information content (AvgIpc) is 2.89. The third-order valence-electron chi connectivity index (χ3n) is 7.05. The Morgan fingerprint density at radius 3 is 2.56 bits per heavy atom. The first-order valence-electron chi connectivity index (χ1n) is 12.3. The van der Waals surface area contributed by atoms with Crippen molar-refractivity contribution in [2.75, 3.05) is 6.61 Å². The largest absolute Gasteiger partial charge is 0.394 e. The number of fused-ring (bicyclic) bond motifs is 2. The molecule has 3 aromatic rings. The third-order valence-corrected chi connectivity index (χ3v) is 8.19. The fraction of sp³-hybridized carbons (Fsp3) is 0.444. The first-order valence-corrected chi connectivity index (χ1v) is 13.2. The fourth-order valence-corrected chi connectivity index (χ4v) is 6.29. The molecule has 1 aromatic carbocycles. The standard InChI is InChI=1S/C27H29N3O5S/c28-13-18-22(16-11-12-29-19-9-6-5-7-15(16)19)17-8-3-1-2-4-10-20(17)30-26(18)36-27-25(34)24(33)23(32)21(14-31)35-27/h5-7,9,11-12,21,23-25,27,31-34H,1-4,8,10,14H2/t21-,23-,24+,25-,27+/m1/s1. The SMILES string of the molecule is N#Cc1c(S[C@@H]2O[C@H](CO)[C@@H](O)[C@H](O)[C@H]2O)nc2c(c1-c1ccnc3ccccc13)CCCCCC2. The van der Waals surface area contributed by atoms with Crippen LogP contribution in [0.3, 0.4) is 0 Å². The molecule has 1 aliphatic carbocycles. The molecule has 5 rings (SSSR count). The predicted octanol–water partition coefficient (Wildman–Crippen LogP) is 2.72. The van der Waals surface area contributed by atoms with Gasteiger partial charge in [-0.1, -0.05) is 42.8 Å². The van der Waals surface area contributed by atoms with Crippen LogP contribution in [0.4, 0.5) is 0 Å². The van der Waals surface area contributed by atoms with E-state index in [1.54, 1.807) is 6.20 Å². The second-order valence-electron chi connectivity index (χ2n) is 9.31. The summed E-state index contributed by atoms with van der Waals surface area (Å²) in [6, 6.07) is 12.1. The van der Waals surface area contributed by atoms with Crippen molar-refractivity contribution in [3.8, 4) is 17.2 Å². The maximum absolute atomic E-state index is 10.6. The van der Waals surface area contributed by atoms with Gasteiger partial charge in [0.2, 0.25) is 0 Å². The zero-order valence-corrected chi connectivity index (χ0v) is 20.6. The zero-order chi connectivity index (χ0) is 25.2. The van der Waals surface area contributed by atoms with Crippen molar-refractivity contribution in [2.24, 2.45) is 0 Å². The first kappa shape index (κ1) is 25.1. The Hall–Kier alpha value is -2.58. The smallest absolute Gasteiger partial charge is 0.138 e. The van der Waals surface area contributed by atoms with E-state index < -0.39 is 36.5 Å². The molecule has 0 amide bonds. The van der Waals surface area contributed by atoms with Gasteiger partial charge in [0.25, 0.3) is 0 Å². The number of aryl methyl sites for hydroxylation is 1. The van der Waals surface area contributed by atoms with E-state index in [1.165, 1.54) is 0 Å². The van der Waals surface area contributed by atoms with Crippen molar-refractivity contribution in [3.05, 3.63) is 53.3 Å². The zero-order valence-electron chi connectivity index (χ0n) is 19.7. The number of hydrogen-bond acceptors (Lipinski definition) is 9. The number of hydrogen-bond donors (Lipinski definition) is 4. The van der Waals surface area contributed by atoms with E-state index >= 15 is 0 Å². The highest BCUT2D eigenvalue weighted by Gasteiger charge is 2.44. The third kappa shape index (κ3) is 4.61. The van der Waals surface area contributed by atoms with Gasteiger partial charge in [-0.3, -0.25) is 4.98 Å². The minimum atomic E-state index is -1.49. The van der Waals surface area contributed by atoms with Crippen LogP contribution in [0, 0.1) is 11.3 Å². The van der Waals surface area contributed by atoms with Gasteiger partial charge in [-0.15, -0.1) is 0 Å². The van der Waals surface area contributed by atoms with Gasteiger partial charge in [0.1, 0.15) is 40.9 Å². The van der Waals surface area contributed by atoms with Gasteiger partial charge in [-0.05, 0) is 48.9 Å². The number of aliphatic hydroxyl groups excluding tert-OH is 4. The van der Waals surface area contributed by atoms with Crippen molar-refractivity contribution in [1.29, 1.82) is 5.26 Å². The van der Waals surface area contributed by atoms with Gasteiger partial charge < -0.3 is 25.2 Å². The number of rotatable bonds is 4. The van der Waals surface area contributed by atoms with Gasteiger partial charge in [-0.25, -0.2) is 4.98 Å². The highest BCUT2D eigenvalue weighted by molar-refractivity contribution is 7.99. The number of thioether (sulfide) groups is 1. The molecular weight excluding hydrogens is 478 g/mol. The van der Waals surface area contributed by atoms with E-state index in [2.05, 4.69) is 11.1 Å². The van der Waals surface area contributed by atoms with Crippen LogP contribution in [0.2, 0.25) is 0 Å². The van der Waals surface area contributed by atoms with Crippen molar-refractivity contribution in [2.45, 2.75) is 73.4 Å². The number of pyridine rings is 2. The molecule has 9 heteroatoms. The Morgan fingerprint density at radius 1 is 1.00 bits per heavy atom. The molecule has 2 aliphatic rings. The van der Waals surface area contributed by atoms with E-state index in [1.807, 2.05) is 30.3 Å². The molecule has 2 aromatic heterocycles. The fourth-order valence-electron chi connectivity index (χ4n) is 5.15. The van der Waals surface area contributed by atoms with Crippen molar-refractivity contribution in [3.63, 3.8) is 0 Å². The molecule has 0 saturated carbocycles. The Balaban J connectivity index is 1.68. The van der Waals surface area contributed by atoms with Crippen LogP contribution >= 0.6 is 11.8 Å². The summed E-state index contributed by atoms with van der Waals surface area (Å²) in [5, 5.41) is 52.4. The lowest BCUT2D eigenvalue weighted by molar-refractivity contribution is -0.205. The Morgan fingerprint density at radius 2 is 1.78 bits per heavy atom. The normalized spacial score (nSPS) is 26.6. The van der Waals surface area contributed by atoms with Crippen molar-refractivity contribution in [1.82, 2.24) is 9.97 Å². The molecule has 0 radical (unpaired) electrons. The number of nitrogens with zero attached hydrogens (tertiary/aromatic N) is 3. The van der Waals surface area contributed by atoms with E-state index in [4.69, 9.17) is 9.72 Å². The summed E-state index contributed by atoms with van der Waals surface area (Å²) in [5.74, 6) is 0. The van der Waals surface area contributed by atoms with Crippen LogP contribution in [-0.2, 0) is 17.6 Å². The van der Waals surface area contributed by atoms with E-state index in [0.717, 1.165) is 83.6 Å². The average molecular weight is 508 g/mol. The summed E-state index contributed by atoms with van der Waals surface area (Å²) in [6.07, 6.45) is 2.19. The Labute approximate surface area is 213 Å².